The Morgan fingerprint density at radius 2 is 2.04 bits per heavy atom. The molecule has 144 valence electrons. The van der Waals surface area contributed by atoms with Crippen LogP contribution >= 0.6 is 38.9 Å². The number of benzene rings is 2. The van der Waals surface area contributed by atoms with E-state index in [1.807, 2.05) is 23.5 Å². The van der Waals surface area contributed by atoms with E-state index in [9.17, 15) is 0 Å². The molecule has 0 bridgehead atoms. The molecule has 1 aliphatic carbocycles. The fourth-order valence-corrected chi connectivity index (χ4v) is 6.27. The second-order valence-electron chi connectivity index (χ2n) is 7.75. The zero-order valence-electron chi connectivity index (χ0n) is 15.6. The topological polar surface area (TPSA) is 24.4 Å². The highest BCUT2D eigenvalue weighted by molar-refractivity contribution is 9.10. The average molecular weight is 474 g/mol. The first-order chi connectivity index (χ1) is 13.7. The van der Waals surface area contributed by atoms with Gasteiger partial charge in [-0.3, -0.25) is 4.99 Å². The van der Waals surface area contributed by atoms with Crippen molar-refractivity contribution in [3.63, 3.8) is 0 Å². The molecule has 0 amide bonds. The third-order valence-corrected chi connectivity index (χ3v) is 7.78. The van der Waals surface area contributed by atoms with Crippen LogP contribution in [-0.4, -0.2) is 17.9 Å². The van der Waals surface area contributed by atoms with Gasteiger partial charge in [0.25, 0.3) is 0 Å². The van der Waals surface area contributed by atoms with Gasteiger partial charge in [-0.2, -0.15) is 0 Å². The predicted octanol–water partition coefficient (Wildman–Crippen LogP) is 6.76. The van der Waals surface area contributed by atoms with E-state index in [1.54, 1.807) is 0 Å². The lowest BCUT2D eigenvalue weighted by atomic mass is 9.92. The normalized spacial score (nSPS) is 21.4. The summed E-state index contributed by atoms with van der Waals surface area (Å²) in [5.41, 5.74) is 3.76. The summed E-state index contributed by atoms with van der Waals surface area (Å²) >= 11 is 12.1. The van der Waals surface area contributed by atoms with Gasteiger partial charge in [-0.25, -0.2) is 0 Å². The molecule has 1 aliphatic heterocycles. The van der Waals surface area contributed by atoms with Crippen molar-refractivity contribution in [2.24, 2.45) is 4.99 Å². The van der Waals surface area contributed by atoms with Gasteiger partial charge >= 0.3 is 0 Å². The molecule has 2 heterocycles. The molecule has 2 unspecified atom stereocenters. The number of fused-ring (bicyclic) bond motifs is 2. The van der Waals surface area contributed by atoms with Crippen LogP contribution in [0.3, 0.4) is 0 Å². The van der Waals surface area contributed by atoms with E-state index >= 15 is 0 Å². The van der Waals surface area contributed by atoms with Gasteiger partial charge in [-0.1, -0.05) is 52.5 Å². The highest BCUT2D eigenvalue weighted by atomic mass is 79.9. The summed E-state index contributed by atoms with van der Waals surface area (Å²) in [5.74, 6) is 1.05. The smallest absolute Gasteiger partial charge is 0.129 e. The van der Waals surface area contributed by atoms with E-state index in [1.165, 1.54) is 52.5 Å². The molecule has 0 saturated heterocycles. The standard InChI is InChI=1S/C23H22BrClN2S/c24-16-12-14(22-15(13-16)10-11-28-22)8-9-17-18(4-3-5-19(17)25)23-26-20-6-1-2-7-21(20)27-23/h3-5,10-13,20-21H,1-2,6-9H2,(H,26,27). The molecule has 2 aliphatic rings. The van der Waals surface area contributed by atoms with E-state index in [0.29, 0.717) is 12.1 Å². The molecule has 2 atom stereocenters. The van der Waals surface area contributed by atoms with Crippen LogP contribution in [0.5, 0.6) is 0 Å². The van der Waals surface area contributed by atoms with Crippen molar-refractivity contribution >= 4 is 54.8 Å². The first-order valence-corrected chi connectivity index (χ1v) is 12.0. The summed E-state index contributed by atoms with van der Waals surface area (Å²) in [6.07, 6.45) is 6.90. The monoisotopic (exact) mass is 472 g/mol. The Balaban J connectivity index is 1.45. The number of halogens is 2. The average Bonchev–Trinajstić information content (AvgIpc) is 3.33. The predicted molar refractivity (Wildman–Crippen MR) is 124 cm³/mol. The van der Waals surface area contributed by atoms with Crippen LogP contribution in [0, 0.1) is 0 Å². The number of rotatable bonds is 4. The van der Waals surface area contributed by atoms with E-state index in [2.05, 4.69) is 50.9 Å². The lowest BCUT2D eigenvalue weighted by molar-refractivity contribution is 0.385. The molecule has 5 heteroatoms. The first kappa shape index (κ1) is 18.7. The van der Waals surface area contributed by atoms with Gasteiger partial charge in [0, 0.05) is 25.8 Å². The number of hydrogen-bond acceptors (Lipinski definition) is 3. The molecule has 1 fully saturated rings. The fourth-order valence-electron chi connectivity index (χ4n) is 4.56. The van der Waals surface area contributed by atoms with Crippen molar-refractivity contribution in [2.45, 2.75) is 50.6 Å². The number of hydrogen-bond donors (Lipinski definition) is 1. The van der Waals surface area contributed by atoms with Crippen molar-refractivity contribution in [2.75, 3.05) is 0 Å². The van der Waals surface area contributed by atoms with Crippen molar-refractivity contribution in [1.82, 2.24) is 5.32 Å². The van der Waals surface area contributed by atoms with Crippen molar-refractivity contribution in [1.29, 1.82) is 0 Å². The maximum Gasteiger partial charge on any atom is 0.129 e. The van der Waals surface area contributed by atoms with Crippen molar-refractivity contribution in [3.8, 4) is 0 Å². The molecule has 0 radical (unpaired) electrons. The van der Waals surface area contributed by atoms with E-state index in [0.717, 1.165) is 28.2 Å². The lowest BCUT2D eigenvalue weighted by Crippen LogP contribution is -2.37. The van der Waals surface area contributed by atoms with Gasteiger partial charge in [0.2, 0.25) is 0 Å². The molecule has 2 aromatic carbocycles. The van der Waals surface area contributed by atoms with Gasteiger partial charge in [-0.05, 0) is 71.8 Å². The lowest BCUT2D eigenvalue weighted by Gasteiger charge is -2.23. The highest BCUT2D eigenvalue weighted by Gasteiger charge is 2.32. The summed E-state index contributed by atoms with van der Waals surface area (Å²) in [4.78, 5) is 5.03. The van der Waals surface area contributed by atoms with Crippen LogP contribution in [0.25, 0.3) is 10.1 Å². The van der Waals surface area contributed by atoms with Gasteiger partial charge in [0.05, 0.1) is 6.04 Å². The number of aryl methyl sites for hydroxylation is 1. The van der Waals surface area contributed by atoms with Gasteiger partial charge in [0.1, 0.15) is 5.84 Å². The highest BCUT2D eigenvalue weighted by Crippen LogP contribution is 2.32. The minimum Gasteiger partial charge on any atom is -0.365 e. The Bertz CT molecular complexity index is 1060. The molecule has 5 rings (SSSR count). The number of nitrogens with zero attached hydrogens (tertiary/aromatic N) is 1. The Kier molecular flexibility index (Phi) is 5.20. The Hall–Kier alpha value is -1.36. The minimum absolute atomic E-state index is 0.436. The Morgan fingerprint density at radius 3 is 2.93 bits per heavy atom. The summed E-state index contributed by atoms with van der Waals surface area (Å²) < 4.78 is 2.51. The molecule has 3 aromatic rings. The molecule has 1 N–H and O–H groups in total. The van der Waals surface area contributed by atoms with Crippen LogP contribution in [0.1, 0.15) is 42.4 Å². The second-order valence-corrected chi connectivity index (χ2v) is 9.99. The van der Waals surface area contributed by atoms with Crippen LogP contribution in [-0.2, 0) is 12.8 Å². The van der Waals surface area contributed by atoms with Gasteiger partial charge in [0.15, 0.2) is 0 Å². The molecular weight excluding hydrogens is 452 g/mol. The van der Waals surface area contributed by atoms with E-state index in [-0.39, 0.29) is 0 Å². The maximum absolute atomic E-state index is 6.67. The van der Waals surface area contributed by atoms with E-state index < -0.39 is 0 Å². The van der Waals surface area contributed by atoms with Crippen molar-refractivity contribution in [3.05, 3.63) is 68.0 Å². The first-order valence-electron chi connectivity index (χ1n) is 9.97. The number of thiophene rings is 1. The van der Waals surface area contributed by atoms with Crippen LogP contribution in [0.4, 0.5) is 0 Å². The van der Waals surface area contributed by atoms with Gasteiger partial charge in [-0.15, -0.1) is 11.3 Å². The minimum atomic E-state index is 0.436. The molecular formula is C23H22BrClN2S. The van der Waals surface area contributed by atoms with Crippen LogP contribution in [0.15, 0.2) is 51.2 Å². The van der Waals surface area contributed by atoms with Crippen LogP contribution < -0.4 is 5.32 Å². The SMILES string of the molecule is Clc1cccc(C2=NC3CCCCC3N2)c1CCc1cc(Br)cc2ccsc12. The zero-order chi connectivity index (χ0) is 19.1. The molecule has 1 saturated carbocycles. The van der Waals surface area contributed by atoms with E-state index in [4.69, 9.17) is 16.6 Å². The third-order valence-electron chi connectivity index (χ3n) is 5.96. The van der Waals surface area contributed by atoms with Gasteiger partial charge < -0.3 is 5.32 Å². The summed E-state index contributed by atoms with van der Waals surface area (Å²) in [7, 11) is 0. The number of aliphatic imine (C=N–C) groups is 1. The zero-order valence-corrected chi connectivity index (χ0v) is 18.7. The molecule has 2 nitrogen and oxygen atoms in total. The van der Waals surface area contributed by atoms with Crippen LogP contribution in [0.2, 0.25) is 5.02 Å². The largest absolute Gasteiger partial charge is 0.365 e. The number of nitrogens with one attached hydrogen (secondary N) is 1. The summed E-state index contributed by atoms with van der Waals surface area (Å²) in [6, 6.07) is 13.8. The maximum atomic E-state index is 6.67. The third kappa shape index (κ3) is 3.51. The Morgan fingerprint density at radius 1 is 1.14 bits per heavy atom. The second kappa shape index (κ2) is 7.81. The summed E-state index contributed by atoms with van der Waals surface area (Å²) in [5, 5.41) is 8.01. The quantitative estimate of drug-likeness (QED) is 0.444. The number of amidine groups is 1. The molecule has 1 aromatic heterocycles. The molecule has 28 heavy (non-hydrogen) atoms. The molecule has 0 spiro atoms. The summed E-state index contributed by atoms with van der Waals surface area (Å²) in [6.45, 7) is 0. The Labute approximate surface area is 183 Å². The van der Waals surface area contributed by atoms with Crippen molar-refractivity contribution < 1.29 is 0 Å². The fraction of sp³-hybridized carbons (Fsp3) is 0.348.